The van der Waals surface area contributed by atoms with Crippen LogP contribution in [0.4, 0.5) is 5.69 Å². The minimum absolute atomic E-state index is 0.101. The van der Waals surface area contributed by atoms with Crippen LogP contribution in [0.2, 0.25) is 10.0 Å². The Kier molecular flexibility index (Phi) is 8.13. The molecule has 0 aliphatic carbocycles. The molecule has 0 radical (unpaired) electrons. The number of hydrogen-bond acceptors (Lipinski definition) is 7. The number of hydrogen-bond donors (Lipinski definition) is 1. The number of carbonyl (C=O) groups excluding carboxylic acids is 2. The van der Waals surface area contributed by atoms with Crippen LogP contribution in [-0.4, -0.2) is 54.7 Å². The standard InChI is InChI=1S/C22H22Cl2N4O5/c1-28(12-19(29)25-14-5-6-15(23)16(24)11-14)21(30)9-8-20-26-22(27-33-20)13-4-7-17(31-2)18(10-13)32-3/h4-7,10-11H,8-9,12H2,1-3H3,(H,25,29). The van der Waals surface area contributed by atoms with Gasteiger partial charge in [-0.3, -0.25) is 9.59 Å². The molecule has 3 aromatic rings. The third kappa shape index (κ3) is 6.36. The number of nitrogens with one attached hydrogen (secondary N) is 1. The SMILES string of the molecule is COc1ccc(-c2noc(CCC(=O)N(C)CC(=O)Nc3ccc(Cl)c(Cl)c3)n2)cc1OC. The Morgan fingerprint density at radius 2 is 1.82 bits per heavy atom. The number of amides is 2. The first kappa shape index (κ1) is 24.3. The molecule has 2 aromatic carbocycles. The van der Waals surface area contributed by atoms with Crippen LogP contribution in [0.15, 0.2) is 40.9 Å². The number of nitrogens with zero attached hydrogens (tertiary/aromatic N) is 3. The summed E-state index contributed by atoms with van der Waals surface area (Å²) < 4.78 is 15.8. The van der Waals surface area contributed by atoms with Gasteiger partial charge in [0.25, 0.3) is 0 Å². The molecule has 0 aliphatic heterocycles. The first-order chi connectivity index (χ1) is 15.8. The highest BCUT2D eigenvalue weighted by molar-refractivity contribution is 6.42. The van der Waals surface area contributed by atoms with Gasteiger partial charge in [-0.2, -0.15) is 4.98 Å². The lowest BCUT2D eigenvalue weighted by atomic mass is 10.2. The molecule has 0 spiro atoms. The molecule has 1 aromatic heterocycles. The van der Waals surface area contributed by atoms with E-state index < -0.39 is 0 Å². The molecule has 1 heterocycles. The van der Waals surface area contributed by atoms with Gasteiger partial charge in [-0.25, -0.2) is 0 Å². The molecule has 0 bridgehead atoms. The summed E-state index contributed by atoms with van der Waals surface area (Å²) in [5, 5.41) is 7.34. The Morgan fingerprint density at radius 1 is 1.06 bits per heavy atom. The molecule has 0 aliphatic rings. The monoisotopic (exact) mass is 492 g/mol. The molecule has 33 heavy (non-hydrogen) atoms. The van der Waals surface area contributed by atoms with Crippen LogP contribution in [0.1, 0.15) is 12.3 Å². The largest absolute Gasteiger partial charge is 0.493 e. The summed E-state index contributed by atoms with van der Waals surface area (Å²) in [4.78, 5) is 30.3. The smallest absolute Gasteiger partial charge is 0.243 e. The van der Waals surface area contributed by atoms with Crippen molar-refractivity contribution in [2.75, 3.05) is 33.1 Å². The normalized spacial score (nSPS) is 10.6. The first-order valence-electron chi connectivity index (χ1n) is 9.84. The average Bonchev–Trinajstić information content (AvgIpc) is 3.28. The average molecular weight is 493 g/mol. The van der Waals surface area contributed by atoms with Crippen LogP contribution in [0, 0.1) is 0 Å². The lowest BCUT2D eigenvalue weighted by Crippen LogP contribution is -2.35. The number of rotatable bonds is 9. The van der Waals surface area contributed by atoms with Gasteiger partial charge < -0.3 is 24.2 Å². The van der Waals surface area contributed by atoms with E-state index in [1.165, 1.54) is 18.1 Å². The second kappa shape index (κ2) is 11.0. The topological polar surface area (TPSA) is 107 Å². The molecule has 0 unspecified atom stereocenters. The van der Waals surface area contributed by atoms with Gasteiger partial charge in [-0.05, 0) is 36.4 Å². The van der Waals surface area contributed by atoms with Crippen molar-refractivity contribution in [3.63, 3.8) is 0 Å². The van der Waals surface area contributed by atoms with Crippen LogP contribution in [0.3, 0.4) is 0 Å². The van der Waals surface area contributed by atoms with Crippen molar-refractivity contribution in [2.45, 2.75) is 12.8 Å². The Morgan fingerprint density at radius 3 is 2.52 bits per heavy atom. The summed E-state index contributed by atoms with van der Waals surface area (Å²) in [6.07, 6.45) is 0.335. The summed E-state index contributed by atoms with van der Waals surface area (Å²) in [5.41, 5.74) is 1.17. The highest BCUT2D eigenvalue weighted by atomic mass is 35.5. The number of methoxy groups -OCH3 is 2. The summed E-state index contributed by atoms with van der Waals surface area (Å²) >= 11 is 11.8. The van der Waals surface area contributed by atoms with E-state index in [-0.39, 0.29) is 31.2 Å². The number of aromatic nitrogens is 2. The van der Waals surface area contributed by atoms with Crippen molar-refractivity contribution in [1.82, 2.24) is 15.0 Å². The minimum atomic E-state index is -0.363. The lowest BCUT2D eigenvalue weighted by Gasteiger charge is -2.16. The van der Waals surface area contributed by atoms with Gasteiger partial charge in [0.05, 0.1) is 30.8 Å². The van der Waals surface area contributed by atoms with E-state index in [0.717, 1.165) is 0 Å². The number of carbonyl (C=O) groups is 2. The van der Waals surface area contributed by atoms with E-state index in [4.69, 9.17) is 37.2 Å². The van der Waals surface area contributed by atoms with E-state index in [1.54, 1.807) is 44.5 Å². The molecule has 9 nitrogen and oxygen atoms in total. The van der Waals surface area contributed by atoms with Gasteiger partial charge in [0, 0.05) is 31.1 Å². The van der Waals surface area contributed by atoms with Gasteiger partial charge in [-0.15, -0.1) is 0 Å². The Balaban J connectivity index is 1.52. The summed E-state index contributed by atoms with van der Waals surface area (Å²) in [6, 6.07) is 10.00. The third-order valence-electron chi connectivity index (χ3n) is 4.67. The van der Waals surface area contributed by atoms with Gasteiger partial charge in [0.1, 0.15) is 0 Å². The van der Waals surface area contributed by atoms with Crippen molar-refractivity contribution >= 4 is 40.7 Å². The summed E-state index contributed by atoms with van der Waals surface area (Å²) in [5.74, 6) is 1.19. The lowest BCUT2D eigenvalue weighted by molar-refractivity contribution is -0.133. The molecule has 11 heteroatoms. The minimum Gasteiger partial charge on any atom is -0.493 e. The first-order valence-corrected chi connectivity index (χ1v) is 10.6. The molecule has 3 rings (SSSR count). The number of benzene rings is 2. The number of ether oxygens (including phenoxy) is 2. The molecule has 0 atom stereocenters. The van der Waals surface area contributed by atoms with E-state index in [9.17, 15) is 9.59 Å². The second-order valence-electron chi connectivity index (χ2n) is 7.01. The number of halogens is 2. The number of anilines is 1. The number of aryl methyl sites for hydroxylation is 1. The van der Waals surface area contributed by atoms with Crippen LogP contribution in [0.25, 0.3) is 11.4 Å². The maximum atomic E-state index is 12.4. The van der Waals surface area contributed by atoms with Crippen molar-refractivity contribution < 1.29 is 23.6 Å². The molecule has 1 N–H and O–H groups in total. The Bertz CT molecular complexity index is 1150. The van der Waals surface area contributed by atoms with Gasteiger partial charge in [0.15, 0.2) is 11.5 Å². The maximum absolute atomic E-state index is 12.4. The van der Waals surface area contributed by atoms with Gasteiger partial charge >= 0.3 is 0 Å². The van der Waals surface area contributed by atoms with E-state index >= 15 is 0 Å². The van der Waals surface area contributed by atoms with Crippen molar-refractivity contribution in [1.29, 1.82) is 0 Å². The third-order valence-corrected chi connectivity index (χ3v) is 5.41. The van der Waals surface area contributed by atoms with E-state index in [2.05, 4.69) is 15.5 Å². The van der Waals surface area contributed by atoms with Crippen LogP contribution >= 0.6 is 23.2 Å². The van der Waals surface area contributed by atoms with Crippen molar-refractivity contribution in [2.24, 2.45) is 0 Å². The summed E-state index contributed by atoms with van der Waals surface area (Å²) in [7, 11) is 4.63. The van der Waals surface area contributed by atoms with Gasteiger partial charge in [0.2, 0.25) is 23.5 Å². The van der Waals surface area contributed by atoms with E-state index in [1.807, 2.05) is 0 Å². The van der Waals surface area contributed by atoms with E-state index in [0.29, 0.717) is 44.5 Å². The van der Waals surface area contributed by atoms with Crippen LogP contribution in [-0.2, 0) is 16.0 Å². The van der Waals surface area contributed by atoms with Gasteiger partial charge in [-0.1, -0.05) is 28.4 Å². The van der Waals surface area contributed by atoms with Crippen molar-refractivity contribution in [3.05, 3.63) is 52.3 Å². The quantitative estimate of drug-likeness (QED) is 0.479. The van der Waals surface area contributed by atoms with Crippen molar-refractivity contribution in [3.8, 4) is 22.9 Å². The fourth-order valence-corrected chi connectivity index (χ4v) is 3.23. The molecule has 0 fully saturated rings. The zero-order valence-electron chi connectivity index (χ0n) is 18.2. The highest BCUT2D eigenvalue weighted by Gasteiger charge is 2.17. The highest BCUT2D eigenvalue weighted by Crippen LogP contribution is 2.31. The molecule has 0 saturated carbocycles. The zero-order valence-corrected chi connectivity index (χ0v) is 19.7. The second-order valence-corrected chi connectivity index (χ2v) is 7.82. The number of likely N-dealkylation sites (N-methyl/N-ethyl adjacent to an activating group) is 1. The predicted molar refractivity (Wildman–Crippen MR) is 124 cm³/mol. The van der Waals surface area contributed by atoms with Crippen LogP contribution in [0.5, 0.6) is 11.5 Å². The molecule has 0 saturated heterocycles. The fraction of sp³-hybridized carbons (Fsp3) is 0.273. The molecular formula is C22H22Cl2N4O5. The van der Waals surface area contributed by atoms with Crippen LogP contribution < -0.4 is 14.8 Å². The summed E-state index contributed by atoms with van der Waals surface area (Å²) in [6.45, 7) is -0.125. The molecular weight excluding hydrogens is 471 g/mol. The molecule has 2 amide bonds. The fourth-order valence-electron chi connectivity index (χ4n) is 2.93. The predicted octanol–water partition coefficient (Wildman–Crippen LogP) is 4.09. The molecule has 174 valence electrons. The maximum Gasteiger partial charge on any atom is 0.243 e. The Hall–Kier alpha value is -3.30. The zero-order chi connectivity index (χ0) is 24.0. The Labute approximate surface area is 200 Å².